The summed E-state index contributed by atoms with van der Waals surface area (Å²) in [5, 5.41) is 3.37. The average molecular weight is 349 g/mol. The number of carbonyl (C=O) groups is 1. The van der Waals surface area contributed by atoms with E-state index >= 15 is 0 Å². The summed E-state index contributed by atoms with van der Waals surface area (Å²) in [6, 6.07) is 15.2. The maximum absolute atomic E-state index is 12.5. The topological polar surface area (TPSA) is 73.2 Å². The Morgan fingerprint density at radius 2 is 2.00 bits per heavy atom. The van der Waals surface area contributed by atoms with E-state index in [2.05, 4.69) is 16.4 Å². The van der Waals surface area contributed by atoms with Crippen LogP contribution in [0.4, 0.5) is 0 Å². The normalized spacial score (nSPS) is 16.2. The van der Waals surface area contributed by atoms with Crippen LogP contribution in [0.15, 0.2) is 59.7 Å². The predicted octanol–water partition coefficient (Wildman–Crippen LogP) is 1.83. The van der Waals surface area contributed by atoms with Gasteiger partial charge in [0.2, 0.25) is 5.91 Å². The van der Waals surface area contributed by atoms with Gasteiger partial charge in [-0.1, -0.05) is 36.4 Å². The van der Waals surface area contributed by atoms with Crippen LogP contribution < -0.4 is 10.9 Å². The Bertz CT molecular complexity index is 1010. The van der Waals surface area contributed by atoms with E-state index in [1.165, 1.54) is 16.5 Å². The van der Waals surface area contributed by atoms with Crippen LogP contribution in [-0.2, 0) is 22.5 Å². The van der Waals surface area contributed by atoms with Crippen LogP contribution in [0.1, 0.15) is 17.2 Å². The van der Waals surface area contributed by atoms with Crippen molar-refractivity contribution in [2.24, 2.45) is 0 Å². The highest BCUT2D eigenvalue weighted by Gasteiger charge is 2.21. The van der Waals surface area contributed by atoms with Gasteiger partial charge >= 0.3 is 0 Å². The van der Waals surface area contributed by atoms with Crippen molar-refractivity contribution >= 4 is 16.8 Å². The lowest BCUT2D eigenvalue weighted by Crippen LogP contribution is -2.36. The van der Waals surface area contributed by atoms with Gasteiger partial charge in [-0.05, 0) is 29.7 Å². The number of benzene rings is 2. The minimum Gasteiger partial charge on any atom is -0.371 e. The number of rotatable bonds is 4. The molecule has 0 fully saturated rings. The van der Waals surface area contributed by atoms with Crippen LogP contribution in [0, 0.1) is 0 Å². The molecule has 26 heavy (non-hydrogen) atoms. The fourth-order valence-corrected chi connectivity index (χ4v) is 3.28. The Hall–Kier alpha value is -2.99. The molecule has 0 saturated heterocycles. The molecule has 0 radical (unpaired) electrons. The summed E-state index contributed by atoms with van der Waals surface area (Å²) in [6.45, 7) is 0.961. The average Bonchev–Trinajstić information content (AvgIpc) is 2.69. The largest absolute Gasteiger partial charge is 0.371 e. The lowest BCUT2D eigenvalue weighted by atomic mass is 9.97. The molecule has 4 rings (SSSR count). The van der Waals surface area contributed by atoms with Crippen molar-refractivity contribution in [3.05, 3.63) is 76.3 Å². The number of fused-ring (bicyclic) bond motifs is 2. The van der Waals surface area contributed by atoms with Crippen LogP contribution in [-0.4, -0.2) is 28.6 Å². The molecule has 2 heterocycles. The second kappa shape index (κ2) is 7.09. The third-order valence-corrected chi connectivity index (χ3v) is 4.62. The molecular formula is C20H19N3O3. The van der Waals surface area contributed by atoms with Gasteiger partial charge < -0.3 is 10.1 Å². The van der Waals surface area contributed by atoms with Gasteiger partial charge in [-0.15, -0.1) is 0 Å². The number of para-hydroxylation sites is 1. The van der Waals surface area contributed by atoms with Crippen molar-refractivity contribution in [1.82, 2.24) is 14.9 Å². The third-order valence-electron chi connectivity index (χ3n) is 4.62. The van der Waals surface area contributed by atoms with Crippen molar-refractivity contribution in [1.29, 1.82) is 0 Å². The predicted molar refractivity (Wildman–Crippen MR) is 97.9 cm³/mol. The number of hydrogen-bond donors (Lipinski definition) is 1. The maximum Gasteiger partial charge on any atom is 0.261 e. The molecule has 1 aliphatic heterocycles. The summed E-state index contributed by atoms with van der Waals surface area (Å²) in [5.74, 6) is -0.240. The second-order valence-corrected chi connectivity index (χ2v) is 6.31. The van der Waals surface area contributed by atoms with E-state index in [9.17, 15) is 9.59 Å². The fourth-order valence-electron chi connectivity index (χ4n) is 3.28. The first-order chi connectivity index (χ1) is 12.7. The number of ether oxygens (including phenoxy) is 1. The maximum atomic E-state index is 12.5. The highest BCUT2D eigenvalue weighted by Crippen LogP contribution is 2.26. The van der Waals surface area contributed by atoms with Crippen molar-refractivity contribution in [3.8, 4) is 0 Å². The first-order valence-corrected chi connectivity index (χ1v) is 8.62. The van der Waals surface area contributed by atoms with E-state index in [1.54, 1.807) is 18.2 Å². The molecule has 132 valence electrons. The smallest absolute Gasteiger partial charge is 0.261 e. The molecule has 1 atom stereocenters. The first kappa shape index (κ1) is 16.5. The molecule has 1 amide bonds. The molecule has 1 unspecified atom stereocenters. The number of hydrogen-bond acceptors (Lipinski definition) is 4. The molecule has 0 bridgehead atoms. The summed E-state index contributed by atoms with van der Waals surface area (Å²) in [6.07, 6.45) is 2.14. The van der Waals surface area contributed by atoms with Crippen LogP contribution in [0.3, 0.4) is 0 Å². The molecule has 1 aromatic heterocycles. The number of nitrogens with one attached hydrogen (secondary N) is 1. The molecule has 0 saturated carbocycles. The lowest BCUT2D eigenvalue weighted by molar-refractivity contribution is -0.122. The summed E-state index contributed by atoms with van der Waals surface area (Å²) in [7, 11) is 0. The van der Waals surface area contributed by atoms with Crippen LogP contribution in [0.5, 0.6) is 0 Å². The Kier molecular flexibility index (Phi) is 4.50. The van der Waals surface area contributed by atoms with E-state index < -0.39 is 0 Å². The van der Waals surface area contributed by atoms with Crippen molar-refractivity contribution in [2.45, 2.75) is 19.1 Å². The van der Waals surface area contributed by atoms with E-state index in [0.29, 0.717) is 24.1 Å². The first-order valence-electron chi connectivity index (χ1n) is 8.62. The molecule has 1 N–H and O–H groups in total. The van der Waals surface area contributed by atoms with Crippen LogP contribution >= 0.6 is 0 Å². The summed E-state index contributed by atoms with van der Waals surface area (Å²) >= 11 is 0. The second-order valence-electron chi connectivity index (χ2n) is 6.31. The lowest BCUT2D eigenvalue weighted by Gasteiger charge is -2.26. The van der Waals surface area contributed by atoms with Crippen molar-refractivity contribution in [3.63, 3.8) is 0 Å². The van der Waals surface area contributed by atoms with Crippen LogP contribution in [0.25, 0.3) is 10.9 Å². The molecule has 0 aliphatic carbocycles. The highest BCUT2D eigenvalue weighted by atomic mass is 16.5. The monoisotopic (exact) mass is 349 g/mol. The van der Waals surface area contributed by atoms with Crippen molar-refractivity contribution < 1.29 is 9.53 Å². The van der Waals surface area contributed by atoms with E-state index in [0.717, 1.165) is 12.0 Å². The molecular weight excluding hydrogens is 330 g/mol. The minimum atomic E-state index is -0.240. The van der Waals surface area contributed by atoms with Gasteiger partial charge in [-0.2, -0.15) is 0 Å². The Morgan fingerprint density at radius 3 is 2.92 bits per heavy atom. The quantitative estimate of drug-likeness (QED) is 0.780. The molecule has 6 heteroatoms. The Labute approximate surface area is 150 Å². The zero-order valence-electron chi connectivity index (χ0n) is 14.2. The Morgan fingerprint density at radius 1 is 1.19 bits per heavy atom. The number of aromatic nitrogens is 2. The van der Waals surface area contributed by atoms with Gasteiger partial charge in [-0.3, -0.25) is 14.2 Å². The van der Waals surface area contributed by atoms with Gasteiger partial charge in [0, 0.05) is 6.54 Å². The van der Waals surface area contributed by atoms with Gasteiger partial charge in [0.1, 0.15) is 12.6 Å². The molecule has 1 aliphatic rings. The third kappa shape index (κ3) is 3.23. The molecule has 6 nitrogen and oxygen atoms in total. The zero-order chi connectivity index (χ0) is 17.9. The van der Waals surface area contributed by atoms with E-state index in [-0.39, 0.29) is 24.1 Å². The van der Waals surface area contributed by atoms with E-state index in [4.69, 9.17) is 4.74 Å². The van der Waals surface area contributed by atoms with E-state index in [1.807, 2.05) is 24.3 Å². The molecule has 3 aromatic rings. The SMILES string of the molecule is O=C(Cn1cnc2ccccc2c1=O)NCC1OCCc2ccccc21. The molecule has 0 spiro atoms. The highest BCUT2D eigenvalue weighted by molar-refractivity contribution is 5.78. The number of amides is 1. The van der Waals surface area contributed by atoms with Gasteiger partial charge in [0.15, 0.2) is 0 Å². The molecule has 2 aromatic carbocycles. The summed E-state index contributed by atoms with van der Waals surface area (Å²) < 4.78 is 7.12. The minimum absolute atomic E-state index is 0.0644. The standard InChI is InChI=1S/C20H19N3O3/c24-19(12-23-13-22-17-8-4-3-7-16(17)20(23)25)21-11-18-15-6-2-1-5-14(15)9-10-26-18/h1-8,13,18H,9-12H2,(H,21,24). The zero-order valence-corrected chi connectivity index (χ0v) is 14.2. The fraction of sp³-hybridized carbons (Fsp3) is 0.250. The Balaban J connectivity index is 1.44. The number of carbonyl (C=O) groups excluding carboxylic acids is 1. The van der Waals surface area contributed by atoms with Gasteiger partial charge in [0.05, 0.1) is 23.8 Å². The number of nitrogens with zero attached hydrogens (tertiary/aromatic N) is 2. The van der Waals surface area contributed by atoms with Crippen LogP contribution in [0.2, 0.25) is 0 Å². The van der Waals surface area contributed by atoms with Crippen molar-refractivity contribution in [2.75, 3.05) is 13.2 Å². The van der Waals surface area contributed by atoms with Gasteiger partial charge in [0.25, 0.3) is 5.56 Å². The van der Waals surface area contributed by atoms with Gasteiger partial charge in [-0.25, -0.2) is 4.98 Å². The summed E-state index contributed by atoms with van der Waals surface area (Å²) in [4.78, 5) is 29.0. The summed E-state index contributed by atoms with van der Waals surface area (Å²) in [5.41, 5.74) is 2.78.